The number of carbonyl (C=O) groups is 1. The van der Waals surface area contributed by atoms with Crippen molar-refractivity contribution in [2.45, 2.75) is 19.4 Å². The molecule has 0 aliphatic rings. The van der Waals surface area contributed by atoms with Crippen LogP contribution in [0.25, 0.3) is 10.9 Å². The Bertz CT molecular complexity index is 1440. The predicted molar refractivity (Wildman–Crippen MR) is 135 cm³/mol. The summed E-state index contributed by atoms with van der Waals surface area (Å²) >= 11 is 0. The fourth-order valence-corrected chi connectivity index (χ4v) is 4.01. The average Bonchev–Trinajstić information content (AvgIpc) is 2.85. The van der Waals surface area contributed by atoms with Crippen LogP contribution in [0.4, 0.5) is 5.69 Å². The number of allylic oxidation sites excluding steroid dienone is 1. The molecule has 3 N–H and O–H groups in total. The van der Waals surface area contributed by atoms with Crippen LogP contribution in [-0.2, 0) is 7.05 Å². The molecule has 0 amide bonds. The van der Waals surface area contributed by atoms with Crippen molar-refractivity contribution >= 4 is 22.4 Å². The molecule has 0 spiro atoms. The number of hydrogen-bond acceptors (Lipinski definition) is 5. The van der Waals surface area contributed by atoms with Gasteiger partial charge in [0.05, 0.1) is 11.6 Å². The molecular weight excluding hydrogens is 428 g/mol. The normalized spacial score (nSPS) is 12.2. The highest BCUT2D eigenvalue weighted by molar-refractivity contribution is 6.09. The van der Waals surface area contributed by atoms with Crippen molar-refractivity contribution in [1.82, 2.24) is 4.57 Å². The minimum absolute atomic E-state index is 0.151. The SMILES string of the molecule is Cc1cc(N[C@@H](CC=CC(=O)c2c(O)c3ccccc3n(C)c2=O)c2ccccc2)ccc1O. The number of ketones is 1. The molecule has 0 bridgehead atoms. The molecule has 3 aromatic carbocycles. The number of anilines is 1. The van der Waals surface area contributed by atoms with Gasteiger partial charge < -0.3 is 20.1 Å². The van der Waals surface area contributed by atoms with Crippen molar-refractivity contribution in [3.63, 3.8) is 0 Å². The average molecular weight is 455 g/mol. The second-order valence-corrected chi connectivity index (χ2v) is 8.22. The van der Waals surface area contributed by atoms with Crippen molar-refractivity contribution in [1.29, 1.82) is 0 Å². The van der Waals surface area contributed by atoms with Gasteiger partial charge >= 0.3 is 0 Å². The Kier molecular flexibility index (Phi) is 6.50. The van der Waals surface area contributed by atoms with Gasteiger partial charge in [-0.3, -0.25) is 9.59 Å². The van der Waals surface area contributed by atoms with E-state index in [-0.39, 0.29) is 23.1 Å². The smallest absolute Gasteiger partial charge is 0.265 e. The molecule has 0 saturated heterocycles. The van der Waals surface area contributed by atoms with Crippen LogP contribution >= 0.6 is 0 Å². The fraction of sp³-hybridized carbons (Fsp3) is 0.143. The van der Waals surface area contributed by atoms with Gasteiger partial charge in [0.1, 0.15) is 17.1 Å². The van der Waals surface area contributed by atoms with Crippen molar-refractivity contribution in [3.8, 4) is 11.5 Å². The maximum atomic E-state index is 12.9. The number of para-hydroxylation sites is 1. The number of aryl methyl sites for hydroxylation is 2. The first-order chi connectivity index (χ1) is 16.4. The zero-order valence-corrected chi connectivity index (χ0v) is 19.0. The second kappa shape index (κ2) is 9.67. The van der Waals surface area contributed by atoms with E-state index >= 15 is 0 Å². The van der Waals surface area contributed by atoms with E-state index in [4.69, 9.17) is 0 Å². The van der Waals surface area contributed by atoms with Gasteiger partial charge in [-0.05, 0) is 60.9 Å². The lowest BCUT2D eigenvalue weighted by atomic mass is 10.0. The van der Waals surface area contributed by atoms with Crippen LogP contribution < -0.4 is 10.9 Å². The van der Waals surface area contributed by atoms with E-state index in [1.807, 2.05) is 43.3 Å². The van der Waals surface area contributed by atoms with Crippen LogP contribution in [0.1, 0.15) is 33.9 Å². The summed E-state index contributed by atoms with van der Waals surface area (Å²) in [7, 11) is 1.58. The summed E-state index contributed by atoms with van der Waals surface area (Å²) in [4.78, 5) is 25.7. The summed E-state index contributed by atoms with van der Waals surface area (Å²) in [5.41, 5.74) is 2.40. The predicted octanol–water partition coefficient (Wildman–Crippen LogP) is 5.24. The molecule has 1 heterocycles. The lowest BCUT2D eigenvalue weighted by Gasteiger charge is -2.19. The second-order valence-electron chi connectivity index (χ2n) is 8.22. The van der Waals surface area contributed by atoms with E-state index in [2.05, 4.69) is 5.32 Å². The summed E-state index contributed by atoms with van der Waals surface area (Å²) < 4.78 is 1.37. The Balaban J connectivity index is 1.61. The number of nitrogens with zero attached hydrogens (tertiary/aromatic N) is 1. The molecule has 4 rings (SSSR count). The maximum Gasteiger partial charge on any atom is 0.265 e. The molecular formula is C28H26N2O4. The maximum absolute atomic E-state index is 12.9. The summed E-state index contributed by atoms with van der Waals surface area (Å²) in [6.45, 7) is 1.83. The van der Waals surface area contributed by atoms with Crippen molar-refractivity contribution in [2.24, 2.45) is 7.05 Å². The summed E-state index contributed by atoms with van der Waals surface area (Å²) in [6, 6.07) is 21.9. The minimum Gasteiger partial charge on any atom is -0.508 e. The van der Waals surface area contributed by atoms with Crippen LogP contribution in [0, 0.1) is 6.92 Å². The molecule has 6 heteroatoms. The lowest BCUT2D eigenvalue weighted by molar-refractivity contribution is 0.104. The number of aromatic hydroxyl groups is 2. The molecule has 0 saturated carbocycles. The third-order valence-electron chi connectivity index (χ3n) is 5.90. The van der Waals surface area contributed by atoms with Crippen molar-refractivity contribution in [2.75, 3.05) is 5.32 Å². The first-order valence-corrected chi connectivity index (χ1v) is 11.0. The van der Waals surface area contributed by atoms with Gasteiger partial charge in [0, 0.05) is 18.1 Å². The topological polar surface area (TPSA) is 91.6 Å². The quantitative estimate of drug-likeness (QED) is 0.202. The van der Waals surface area contributed by atoms with Crippen LogP contribution in [0.5, 0.6) is 11.5 Å². The lowest BCUT2D eigenvalue weighted by Crippen LogP contribution is -2.24. The molecule has 6 nitrogen and oxygen atoms in total. The molecule has 34 heavy (non-hydrogen) atoms. The van der Waals surface area contributed by atoms with E-state index in [1.54, 1.807) is 49.5 Å². The molecule has 4 aromatic rings. The zero-order chi connectivity index (χ0) is 24.2. The monoisotopic (exact) mass is 454 g/mol. The van der Waals surface area contributed by atoms with Gasteiger partial charge in [0.2, 0.25) is 0 Å². The molecule has 1 atom stereocenters. The van der Waals surface area contributed by atoms with E-state index < -0.39 is 11.3 Å². The number of fused-ring (bicyclic) bond motifs is 1. The first-order valence-electron chi connectivity index (χ1n) is 11.0. The van der Waals surface area contributed by atoms with Gasteiger partial charge in [-0.1, -0.05) is 48.5 Å². The van der Waals surface area contributed by atoms with E-state index in [0.29, 0.717) is 17.3 Å². The van der Waals surface area contributed by atoms with Crippen LogP contribution in [0.3, 0.4) is 0 Å². The van der Waals surface area contributed by atoms with Crippen molar-refractivity contribution in [3.05, 3.63) is 112 Å². The molecule has 0 aliphatic carbocycles. The number of pyridine rings is 1. The Morgan fingerprint density at radius 3 is 2.47 bits per heavy atom. The summed E-state index contributed by atoms with van der Waals surface area (Å²) in [5, 5.41) is 24.4. The molecule has 0 fully saturated rings. The fourth-order valence-electron chi connectivity index (χ4n) is 4.01. The Hall–Kier alpha value is -4.32. The summed E-state index contributed by atoms with van der Waals surface area (Å²) in [5.74, 6) is -0.620. The standard InChI is InChI=1S/C28H26N2O4/c1-18-17-20(15-16-24(18)31)29-22(19-9-4-3-5-10-19)12-8-14-25(32)26-27(33)21-11-6-7-13-23(21)30(2)28(26)34/h3-11,13-17,22,29,31,33H,12H2,1-2H3/t22-/m0/s1. The first kappa shape index (κ1) is 22.9. The van der Waals surface area contributed by atoms with Crippen LogP contribution in [0.15, 0.2) is 89.7 Å². The highest BCUT2D eigenvalue weighted by Crippen LogP contribution is 2.28. The Morgan fingerprint density at radius 2 is 1.74 bits per heavy atom. The Labute approximate surface area is 197 Å². The van der Waals surface area contributed by atoms with Crippen LogP contribution in [0.2, 0.25) is 0 Å². The highest BCUT2D eigenvalue weighted by Gasteiger charge is 2.19. The van der Waals surface area contributed by atoms with E-state index in [1.165, 1.54) is 10.6 Å². The highest BCUT2D eigenvalue weighted by atomic mass is 16.3. The van der Waals surface area contributed by atoms with Gasteiger partial charge in [-0.25, -0.2) is 0 Å². The third kappa shape index (κ3) is 4.57. The summed E-state index contributed by atoms with van der Waals surface area (Å²) in [6.07, 6.45) is 3.50. The number of benzene rings is 3. The van der Waals surface area contributed by atoms with Gasteiger partial charge in [-0.15, -0.1) is 0 Å². The van der Waals surface area contributed by atoms with Gasteiger partial charge in [0.15, 0.2) is 5.78 Å². The number of hydrogen-bond donors (Lipinski definition) is 3. The Morgan fingerprint density at radius 1 is 1.03 bits per heavy atom. The number of rotatable bonds is 7. The van der Waals surface area contributed by atoms with E-state index in [9.17, 15) is 19.8 Å². The number of phenolic OH excluding ortho intramolecular Hbond substituents is 1. The largest absolute Gasteiger partial charge is 0.508 e. The van der Waals surface area contributed by atoms with Crippen LogP contribution in [-0.4, -0.2) is 20.6 Å². The van der Waals surface area contributed by atoms with Gasteiger partial charge in [0.25, 0.3) is 5.56 Å². The minimum atomic E-state index is -0.545. The molecule has 0 unspecified atom stereocenters. The molecule has 0 aliphatic heterocycles. The molecule has 0 radical (unpaired) electrons. The number of carbonyl (C=O) groups excluding carboxylic acids is 1. The van der Waals surface area contributed by atoms with E-state index in [0.717, 1.165) is 16.8 Å². The molecule has 172 valence electrons. The number of phenols is 1. The van der Waals surface area contributed by atoms with Gasteiger partial charge in [-0.2, -0.15) is 0 Å². The molecule has 1 aromatic heterocycles. The third-order valence-corrected chi connectivity index (χ3v) is 5.90. The zero-order valence-electron chi connectivity index (χ0n) is 19.0. The number of nitrogens with one attached hydrogen (secondary N) is 1. The number of aromatic nitrogens is 1. The van der Waals surface area contributed by atoms with Crippen molar-refractivity contribution < 1.29 is 15.0 Å².